The zero-order chi connectivity index (χ0) is 27.4. The van der Waals surface area contributed by atoms with Crippen LogP contribution in [-0.2, 0) is 14.8 Å². The predicted molar refractivity (Wildman–Crippen MR) is 152 cm³/mol. The third-order valence-electron chi connectivity index (χ3n) is 6.27. The van der Waals surface area contributed by atoms with E-state index in [2.05, 4.69) is 5.32 Å². The van der Waals surface area contributed by atoms with E-state index in [1.807, 2.05) is 89.2 Å². The first-order valence-corrected chi connectivity index (χ1v) is 14.1. The maximum Gasteiger partial charge on any atom is 0.243 e. The molecule has 0 saturated heterocycles. The number of benzene rings is 3. The molecule has 0 aliphatic heterocycles. The van der Waals surface area contributed by atoms with Gasteiger partial charge in [-0.1, -0.05) is 80.1 Å². The molecule has 0 radical (unpaired) electrons. The van der Waals surface area contributed by atoms with E-state index in [1.165, 1.54) is 4.31 Å². The monoisotopic (exact) mass is 530 g/mol. The van der Waals surface area contributed by atoms with Crippen molar-refractivity contribution in [3.8, 4) is 16.8 Å². The first-order valence-electron chi connectivity index (χ1n) is 12.7. The van der Waals surface area contributed by atoms with Gasteiger partial charge in [0.2, 0.25) is 15.9 Å². The minimum atomic E-state index is -3.88. The highest BCUT2D eigenvalue weighted by atomic mass is 32.2. The number of carbonyl (C=O) groups is 1. The van der Waals surface area contributed by atoms with E-state index in [0.29, 0.717) is 5.82 Å². The van der Waals surface area contributed by atoms with E-state index in [0.717, 1.165) is 33.6 Å². The van der Waals surface area contributed by atoms with Gasteiger partial charge in [0.05, 0.1) is 22.8 Å². The summed E-state index contributed by atoms with van der Waals surface area (Å²) in [6.07, 6.45) is 0. The summed E-state index contributed by atoms with van der Waals surface area (Å²) >= 11 is 0. The maximum atomic E-state index is 13.5. The van der Waals surface area contributed by atoms with Crippen LogP contribution in [0.5, 0.6) is 0 Å². The molecule has 0 atom stereocenters. The molecule has 0 spiro atoms. The van der Waals surface area contributed by atoms with Crippen molar-refractivity contribution in [2.24, 2.45) is 5.92 Å². The van der Waals surface area contributed by atoms with Crippen molar-refractivity contribution in [3.63, 3.8) is 0 Å². The summed E-state index contributed by atoms with van der Waals surface area (Å²) in [7, 11) is -3.88. The van der Waals surface area contributed by atoms with Crippen LogP contribution in [0, 0.1) is 26.7 Å². The fourth-order valence-electron chi connectivity index (χ4n) is 4.41. The third-order valence-corrected chi connectivity index (χ3v) is 8.10. The second kappa shape index (κ2) is 11.3. The largest absolute Gasteiger partial charge is 0.309 e. The minimum Gasteiger partial charge on any atom is -0.309 e. The lowest BCUT2D eigenvalue weighted by Crippen LogP contribution is -2.40. The van der Waals surface area contributed by atoms with Gasteiger partial charge in [0, 0.05) is 12.1 Å². The van der Waals surface area contributed by atoms with Gasteiger partial charge in [0.25, 0.3) is 0 Å². The summed E-state index contributed by atoms with van der Waals surface area (Å²) in [5, 5.41) is 7.79. The standard InChI is InChI=1S/C30H34N4O3S/c1-21(2)19-33(38(36,37)26-17-15-22(3)16-18-26)20-28(35)31-30-29(25-12-7-6-8-13-25)24(5)32-34(30)27-14-10-9-11-23(27)4/h6-18,21H,19-20H2,1-5H3,(H,31,35). The second-order valence-corrected chi connectivity index (χ2v) is 11.9. The molecule has 7 nitrogen and oxygen atoms in total. The molecule has 4 aromatic rings. The molecule has 0 aliphatic carbocycles. The number of nitrogens with one attached hydrogen (secondary N) is 1. The Labute approximate surface area is 225 Å². The fraction of sp³-hybridized carbons (Fsp3) is 0.267. The lowest BCUT2D eigenvalue weighted by Gasteiger charge is -2.24. The van der Waals surface area contributed by atoms with Gasteiger partial charge in [-0.2, -0.15) is 9.40 Å². The number of rotatable bonds is 9. The van der Waals surface area contributed by atoms with Gasteiger partial charge in [-0.25, -0.2) is 13.1 Å². The molecule has 4 rings (SSSR count). The average molecular weight is 531 g/mol. The number of hydrogen-bond donors (Lipinski definition) is 1. The molecule has 0 bridgehead atoms. The molecular formula is C30H34N4O3S. The molecule has 1 N–H and O–H groups in total. The minimum absolute atomic E-state index is 0.0302. The maximum absolute atomic E-state index is 13.5. The van der Waals surface area contributed by atoms with E-state index < -0.39 is 15.9 Å². The third kappa shape index (κ3) is 5.87. The van der Waals surface area contributed by atoms with E-state index in [9.17, 15) is 13.2 Å². The Balaban J connectivity index is 1.73. The highest BCUT2D eigenvalue weighted by Gasteiger charge is 2.29. The number of aromatic nitrogens is 2. The van der Waals surface area contributed by atoms with Crippen molar-refractivity contribution < 1.29 is 13.2 Å². The lowest BCUT2D eigenvalue weighted by molar-refractivity contribution is -0.116. The van der Waals surface area contributed by atoms with Gasteiger partial charge in [0.15, 0.2) is 0 Å². The van der Waals surface area contributed by atoms with Crippen molar-refractivity contribution >= 4 is 21.7 Å². The van der Waals surface area contributed by atoms with Crippen molar-refractivity contribution in [1.82, 2.24) is 14.1 Å². The van der Waals surface area contributed by atoms with Crippen molar-refractivity contribution in [1.29, 1.82) is 0 Å². The van der Waals surface area contributed by atoms with E-state index >= 15 is 0 Å². The Morgan fingerprint density at radius 1 is 0.921 bits per heavy atom. The second-order valence-electron chi connectivity index (χ2n) is 9.93. The molecule has 1 aromatic heterocycles. The number of anilines is 1. The van der Waals surface area contributed by atoms with E-state index in [1.54, 1.807) is 28.9 Å². The molecule has 3 aromatic carbocycles. The number of hydrogen-bond acceptors (Lipinski definition) is 4. The topological polar surface area (TPSA) is 84.3 Å². The Kier molecular flexibility index (Phi) is 8.14. The van der Waals surface area contributed by atoms with Crippen LogP contribution in [0.1, 0.15) is 30.7 Å². The van der Waals surface area contributed by atoms with Gasteiger partial charge < -0.3 is 5.32 Å². The summed E-state index contributed by atoms with van der Waals surface area (Å²) in [6, 6.07) is 24.2. The van der Waals surface area contributed by atoms with Gasteiger partial charge in [-0.05, 0) is 56.0 Å². The SMILES string of the molecule is Cc1ccc(S(=O)(=O)N(CC(=O)Nc2c(-c3ccccc3)c(C)nn2-c2ccccc2C)CC(C)C)cc1. The first-order chi connectivity index (χ1) is 18.1. The first kappa shape index (κ1) is 27.3. The predicted octanol–water partition coefficient (Wildman–Crippen LogP) is 5.75. The molecule has 0 unspecified atom stereocenters. The van der Waals surface area contributed by atoms with Crippen LogP contribution in [0.15, 0.2) is 83.8 Å². The molecule has 0 fully saturated rings. The van der Waals surface area contributed by atoms with Gasteiger partial charge in [0.1, 0.15) is 5.82 Å². The molecule has 1 heterocycles. The van der Waals surface area contributed by atoms with Gasteiger partial charge in [-0.3, -0.25) is 4.79 Å². The van der Waals surface area contributed by atoms with Crippen LogP contribution < -0.4 is 5.32 Å². The smallest absolute Gasteiger partial charge is 0.243 e. The molecule has 0 saturated carbocycles. The highest BCUT2D eigenvalue weighted by molar-refractivity contribution is 7.89. The normalized spacial score (nSPS) is 11.8. The van der Waals surface area contributed by atoms with Crippen molar-refractivity contribution in [2.75, 3.05) is 18.4 Å². The molecular weight excluding hydrogens is 496 g/mol. The number of carbonyl (C=O) groups excluding carboxylic acids is 1. The average Bonchev–Trinajstić information content (AvgIpc) is 3.19. The molecule has 1 amide bonds. The molecule has 0 aliphatic rings. The molecule has 198 valence electrons. The van der Waals surface area contributed by atoms with Gasteiger partial charge in [-0.15, -0.1) is 0 Å². The number of amides is 1. The number of para-hydroxylation sites is 1. The van der Waals surface area contributed by atoms with Crippen LogP contribution in [0.2, 0.25) is 0 Å². The van der Waals surface area contributed by atoms with Crippen molar-refractivity contribution in [2.45, 2.75) is 39.5 Å². The van der Waals surface area contributed by atoms with Crippen LogP contribution in [0.25, 0.3) is 16.8 Å². The number of sulfonamides is 1. The highest BCUT2D eigenvalue weighted by Crippen LogP contribution is 2.34. The Morgan fingerprint density at radius 3 is 2.18 bits per heavy atom. The van der Waals surface area contributed by atoms with E-state index in [4.69, 9.17) is 5.10 Å². The van der Waals surface area contributed by atoms with Crippen molar-refractivity contribution in [3.05, 3.63) is 95.7 Å². The van der Waals surface area contributed by atoms with E-state index in [-0.39, 0.29) is 23.9 Å². The Hall–Kier alpha value is -3.75. The Bertz CT molecular complexity index is 1530. The lowest BCUT2D eigenvalue weighted by atomic mass is 10.1. The van der Waals surface area contributed by atoms with Crippen LogP contribution >= 0.6 is 0 Å². The number of aryl methyl sites for hydroxylation is 3. The summed E-state index contributed by atoms with van der Waals surface area (Å²) in [6.45, 7) is 9.54. The summed E-state index contributed by atoms with van der Waals surface area (Å²) in [4.78, 5) is 13.7. The van der Waals surface area contributed by atoms with Gasteiger partial charge >= 0.3 is 0 Å². The Morgan fingerprint density at radius 2 is 1.55 bits per heavy atom. The van der Waals surface area contributed by atoms with Crippen LogP contribution in [0.4, 0.5) is 5.82 Å². The molecule has 8 heteroatoms. The summed E-state index contributed by atoms with van der Waals surface area (Å²) < 4.78 is 30.0. The van der Waals surface area contributed by atoms with Crippen LogP contribution in [-0.4, -0.2) is 41.5 Å². The fourth-order valence-corrected chi connectivity index (χ4v) is 5.97. The van der Waals surface area contributed by atoms with Crippen LogP contribution in [0.3, 0.4) is 0 Å². The summed E-state index contributed by atoms with van der Waals surface area (Å²) in [5.41, 5.74) is 5.24. The molecule has 38 heavy (non-hydrogen) atoms. The summed E-state index contributed by atoms with van der Waals surface area (Å²) in [5.74, 6) is 0.0983. The quantitative estimate of drug-likeness (QED) is 0.299. The number of nitrogens with zero attached hydrogens (tertiary/aromatic N) is 3. The zero-order valence-electron chi connectivity index (χ0n) is 22.5. The zero-order valence-corrected chi connectivity index (χ0v) is 23.3.